The first kappa shape index (κ1) is 18.6. The summed E-state index contributed by atoms with van der Waals surface area (Å²) < 4.78 is 0. The van der Waals surface area contributed by atoms with Crippen LogP contribution in [0.2, 0.25) is 0 Å². The molecule has 0 aliphatic carbocycles. The fraction of sp³-hybridized carbons (Fsp3) is 0.450. The Kier molecular flexibility index (Phi) is 6.77. The molecule has 0 saturated heterocycles. The SMILES string of the molecule is CCCCCCCCN(Cc1nccs1)C(=O)c1ccc2nc[nH]c2c1. The summed E-state index contributed by atoms with van der Waals surface area (Å²) in [7, 11) is 0. The van der Waals surface area contributed by atoms with Gasteiger partial charge in [0, 0.05) is 23.7 Å². The molecule has 0 saturated carbocycles. The van der Waals surface area contributed by atoms with E-state index in [1.54, 1.807) is 23.9 Å². The maximum absolute atomic E-state index is 13.1. The molecule has 3 aromatic rings. The van der Waals surface area contributed by atoms with E-state index in [4.69, 9.17) is 0 Å². The van der Waals surface area contributed by atoms with E-state index in [0.29, 0.717) is 12.1 Å². The highest BCUT2D eigenvalue weighted by Crippen LogP contribution is 2.17. The Morgan fingerprint density at radius 3 is 2.81 bits per heavy atom. The van der Waals surface area contributed by atoms with E-state index in [0.717, 1.165) is 29.0 Å². The summed E-state index contributed by atoms with van der Waals surface area (Å²) in [6, 6.07) is 5.65. The first-order chi connectivity index (χ1) is 12.8. The van der Waals surface area contributed by atoms with E-state index in [1.807, 2.05) is 28.5 Å². The second-order valence-electron chi connectivity index (χ2n) is 6.55. The maximum atomic E-state index is 13.1. The van der Waals surface area contributed by atoms with E-state index < -0.39 is 0 Å². The van der Waals surface area contributed by atoms with Gasteiger partial charge in [-0.1, -0.05) is 39.0 Å². The first-order valence-corrected chi connectivity index (χ1v) is 10.3. The van der Waals surface area contributed by atoms with Crippen LogP contribution >= 0.6 is 11.3 Å². The minimum absolute atomic E-state index is 0.0604. The van der Waals surface area contributed by atoms with Crippen molar-refractivity contribution in [2.24, 2.45) is 0 Å². The summed E-state index contributed by atoms with van der Waals surface area (Å²) in [6.45, 7) is 3.57. The quantitative estimate of drug-likeness (QED) is 0.510. The lowest BCUT2D eigenvalue weighted by Gasteiger charge is -2.22. The molecule has 5 nitrogen and oxygen atoms in total. The zero-order chi connectivity index (χ0) is 18.2. The highest BCUT2D eigenvalue weighted by Gasteiger charge is 2.17. The second-order valence-corrected chi connectivity index (χ2v) is 7.53. The topological polar surface area (TPSA) is 61.9 Å². The molecular formula is C20H26N4OS. The van der Waals surface area contributed by atoms with Crippen molar-refractivity contribution in [1.29, 1.82) is 0 Å². The molecule has 0 aliphatic rings. The number of nitrogens with one attached hydrogen (secondary N) is 1. The van der Waals surface area contributed by atoms with Gasteiger partial charge in [-0.05, 0) is 24.6 Å². The number of hydrogen-bond acceptors (Lipinski definition) is 4. The molecule has 1 amide bonds. The molecule has 6 heteroatoms. The molecule has 0 unspecified atom stereocenters. The molecule has 0 fully saturated rings. The predicted octanol–water partition coefficient (Wildman–Crippen LogP) is 5.02. The third kappa shape index (κ3) is 4.91. The van der Waals surface area contributed by atoms with Gasteiger partial charge in [-0.15, -0.1) is 11.3 Å². The van der Waals surface area contributed by atoms with Gasteiger partial charge in [-0.3, -0.25) is 4.79 Å². The van der Waals surface area contributed by atoms with Crippen LogP contribution in [-0.4, -0.2) is 32.3 Å². The fourth-order valence-corrected chi connectivity index (χ4v) is 3.71. The maximum Gasteiger partial charge on any atom is 0.254 e. The van der Waals surface area contributed by atoms with Crippen LogP contribution in [0.5, 0.6) is 0 Å². The van der Waals surface area contributed by atoms with Gasteiger partial charge < -0.3 is 9.88 Å². The molecule has 0 aliphatic heterocycles. The standard InChI is InChI=1S/C20H26N4OS/c1-2-3-4-5-6-7-11-24(14-19-21-10-12-26-19)20(25)16-8-9-17-18(13-16)23-15-22-17/h8-10,12-13,15H,2-7,11,14H2,1H3,(H,22,23). The second kappa shape index (κ2) is 9.48. The van der Waals surface area contributed by atoms with Gasteiger partial charge in [-0.25, -0.2) is 9.97 Å². The highest BCUT2D eigenvalue weighted by molar-refractivity contribution is 7.09. The van der Waals surface area contributed by atoms with Gasteiger partial charge in [0.15, 0.2) is 0 Å². The Hall–Kier alpha value is -2.21. The van der Waals surface area contributed by atoms with Crippen LogP contribution in [0.15, 0.2) is 36.1 Å². The van der Waals surface area contributed by atoms with E-state index in [2.05, 4.69) is 21.9 Å². The van der Waals surface area contributed by atoms with Crippen LogP contribution in [-0.2, 0) is 6.54 Å². The van der Waals surface area contributed by atoms with E-state index in [1.165, 1.54) is 32.1 Å². The number of fused-ring (bicyclic) bond motifs is 1. The van der Waals surface area contributed by atoms with Crippen molar-refractivity contribution in [2.75, 3.05) is 6.54 Å². The number of rotatable bonds is 10. The fourth-order valence-electron chi connectivity index (χ4n) is 3.08. The van der Waals surface area contributed by atoms with Crippen LogP contribution < -0.4 is 0 Å². The number of carbonyl (C=O) groups is 1. The monoisotopic (exact) mass is 370 g/mol. The molecule has 2 heterocycles. The molecule has 0 radical (unpaired) electrons. The molecule has 3 rings (SSSR count). The third-order valence-corrected chi connectivity index (χ3v) is 5.31. The van der Waals surface area contributed by atoms with Crippen molar-refractivity contribution >= 4 is 28.3 Å². The minimum Gasteiger partial charge on any atom is -0.345 e. The Balaban J connectivity index is 1.65. The van der Waals surface area contributed by atoms with Gasteiger partial charge >= 0.3 is 0 Å². The van der Waals surface area contributed by atoms with Crippen molar-refractivity contribution < 1.29 is 4.79 Å². The van der Waals surface area contributed by atoms with Crippen molar-refractivity contribution in [2.45, 2.75) is 52.0 Å². The number of aromatic amines is 1. The number of carbonyl (C=O) groups excluding carboxylic acids is 1. The number of unbranched alkanes of at least 4 members (excludes halogenated alkanes) is 5. The minimum atomic E-state index is 0.0604. The van der Waals surface area contributed by atoms with Crippen molar-refractivity contribution in [1.82, 2.24) is 19.9 Å². The number of imidazole rings is 1. The van der Waals surface area contributed by atoms with Crippen LogP contribution in [0.4, 0.5) is 0 Å². The normalized spacial score (nSPS) is 11.1. The molecule has 0 bridgehead atoms. The molecule has 0 spiro atoms. The Bertz CT molecular complexity index is 812. The zero-order valence-electron chi connectivity index (χ0n) is 15.3. The molecule has 0 atom stereocenters. The lowest BCUT2D eigenvalue weighted by molar-refractivity contribution is 0.0740. The molecule has 26 heavy (non-hydrogen) atoms. The van der Waals surface area contributed by atoms with Gasteiger partial charge in [0.2, 0.25) is 0 Å². The van der Waals surface area contributed by atoms with Crippen LogP contribution in [0.25, 0.3) is 11.0 Å². The number of hydrogen-bond donors (Lipinski definition) is 1. The summed E-state index contributed by atoms with van der Waals surface area (Å²) in [5.74, 6) is 0.0604. The van der Waals surface area contributed by atoms with Crippen molar-refractivity contribution in [3.05, 3.63) is 46.7 Å². The summed E-state index contributed by atoms with van der Waals surface area (Å²) in [6.07, 6.45) is 10.7. The van der Waals surface area contributed by atoms with Crippen molar-refractivity contribution in [3.63, 3.8) is 0 Å². The Labute approximate surface area is 158 Å². The summed E-state index contributed by atoms with van der Waals surface area (Å²) in [4.78, 5) is 26.6. The lowest BCUT2D eigenvalue weighted by Crippen LogP contribution is -2.31. The number of thiazole rings is 1. The number of amides is 1. The average molecular weight is 371 g/mol. The van der Waals surface area contributed by atoms with Crippen LogP contribution in [0.1, 0.15) is 60.8 Å². The molecule has 1 aromatic carbocycles. The van der Waals surface area contributed by atoms with Gasteiger partial charge in [0.1, 0.15) is 5.01 Å². The smallest absolute Gasteiger partial charge is 0.254 e. The van der Waals surface area contributed by atoms with Gasteiger partial charge in [0.05, 0.1) is 23.9 Å². The summed E-state index contributed by atoms with van der Waals surface area (Å²) in [5.41, 5.74) is 2.47. The summed E-state index contributed by atoms with van der Waals surface area (Å²) in [5, 5.41) is 2.94. The van der Waals surface area contributed by atoms with Gasteiger partial charge in [0.25, 0.3) is 5.91 Å². The number of benzene rings is 1. The van der Waals surface area contributed by atoms with Gasteiger partial charge in [-0.2, -0.15) is 0 Å². The van der Waals surface area contributed by atoms with Crippen LogP contribution in [0.3, 0.4) is 0 Å². The molecular weight excluding hydrogens is 344 g/mol. The largest absolute Gasteiger partial charge is 0.345 e. The Morgan fingerprint density at radius 1 is 1.15 bits per heavy atom. The highest BCUT2D eigenvalue weighted by atomic mass is 32.1. The van der Waals surface area contributed by atoms with E-state index >= 15 is 0 Å². The van der Waals surface area contributed by atoms with E-state index in [9.17, 15) is 4.79 Å². The third-order valence-electron chi connectivity index (χ3n) is 4.55. The average Bonchev–Trinajstić information content (AvgIpc) is 3.33. The zero-order valence-corrected chi connectivity index (χ0v) is 16.1. The molecule has 1 N–H and O–H groups in total. The molecule has 2 aromatic heterocycles. The predicted molar refractivity (Wildman–Crippen MR) is 106 cm³/mol. The van der Waals surface area contributed by atoms with E-state index in [-0.39, 0.29) is 5.91 Å². The van der Waals surface area contributed by atoms with Crippen LogP contribution in [0, 0.1) is 0 Å². The number of aromatic nitrogens is 3. The lowest BCUT2D eigenvalue weighted by atomic mass is 10.1. The molecule has 138 valence electrons. The number of nitrogens with zero attached hydrogens (tertiary/aromatic N) is 3. The van der Waals surface area contributed by atoms with Crippen molar-refractivity contribution in [3.8, 4) is 0 Å². The summed E-state index contributed by atoms with van der Waals surface area (Å²) >= 11 is 1.60. The Morgan fingerprint density at radius 2 is 2.00 bits per heavy atom. The number of H-pyrrole nitrogens is 1. The first-order valence-electron chi connectivity index (χ1n) is 9.38.